The molecular weight excluding hydrogens is 160 g/mol. The van der Waals surface area contributed by atoms with Crippen molar-refractivity contribution in [2.45, 2.75) is 37.6 Å². The summed E-state index contributed by atoms with van der Waals surface area (Å²) in [6.07, 6.45) is 2.67. The Morgan fingerprint density at radius 3 is 2.33 bits per heavy atom. The van der Waals surface area contributed by atoms with E-state index in [4.69, 9.17) is 5.73 Å². The summed E-state index contributed by atoms with van der Waals surface area (Å²) < 4.78 is 25.4. The van der Waals surface area contributed by atoms with Gasteiger partial charge in [-0.15, -0.1) is 6.58 Å². The molecule has 70 valence electrons. The van der Waals surface area contributed by atoms with Crippen LogP contribution < -0.4 is 5.73 Å². The minimum atomic E-state index is -2.45. The van der Waals surface area contributed by atoms with Gasteiger partial charge in [-0.3, -0.25) is 0 Å². The van der Waals surface area contributed by atoms with E-state index >= 15 is 0 Å². The number of halogens is 2. The van der Waals surface area contributed by atoms with Gasteiger partial charge in [0.05, 0.1) is 0 Å². The monoisotopic (exact) mass is 175 g/mol. The average molecular weight is 175 g/mol. The number of alkyl halides is 2. The van der Waals surface area contributed by atoms with Crippen LogP contribution in [0.2, 0.25) is 0 Å². The van der Waals surface area contributed by atoms with E-state index in [0.29, 0.717) is 12.8 Å². The highest BCUT2D eigenvalue weighted by Gasteiger charge is 2.35. The predicted octanol–water partition coefficient (Wildman–Crippen LogP) is 2.33. The second kappa shape index (κ2) is 3.52. The fourth-order valence-corrected chi connectivity index (χ4v) is 1.64. The number of nitrogens with two attached hydrogens (primary N) is 1. The second-order valence-corrected chi connectivity index (χ2v) is 3.51. The highest BCUT2D eigenvalue weighted by atomic mass is 19.3. The Bertz CT molecular complexity index is 158. The van der Waals surface area contributed by atoms with E-state index in [0.717, 1.165) is 0 Å². The van der Waals surface area contributed by atoms with E-state index in [1.54, 1.807) is 6.08 Å². The second-order valence-electron chi connectivity index (χ2n) is 3.51. The van der Waals surface area contributed by atoms with E-state index in [1.807, 2.05) is 0 Å². The number of rotatable bonds is 2. The SMILES string of the molecule is C=CC(N)C1CCC(F)(F)CC1. The zero-order valence-corrected chi connectivity index (χ0v) is 7.10. The lowest BCUT2D eigenvalue weighted by atomic mass is 9.82. The van der Waals surface area contributed by atoms with Gasteiger partial charge in [0, 0.05) is 18.9 Å². The topological polar surface area (TPSA) is 26.0 Å². The van der Waals surface area contributed by atoms with Gasteiger partial charge in [-0.1, -0.05) is 6.08 Å². The lowest BCUT2D eigenvalue weighted by molar-refractivity contribution is -0.0467. The van der Waals surface area contributed by atoms with Gasteiger partial charge in [0.15, 0.2) is 0 Å². The van der Waals surface area contributed by atoms with Crippen molar-refractivity contribution in [1.82, 2.24) is 0 Å². The molecule has 0 spiro atoms. The largest absolute Gasteiger partial charge is 0.324 e. The van der Waals surface area contributed by atoms with E-state index in [1.165, 1.54) is 0 Å². The molecule has 1 fully saturated rings. The van der Waals surface area contributed by atoms with Gasteiger partial charge in [0.25, 0.3) is 0 Å². The van der Waals surface area contributed by atoms with Crippen LogP contribution in [0.25, 0.3) is 0 Å². The zero-order valence-electron chi connectivity index (χ0n) is 7.10. The zero-order chi connectivity index (χ0) is 9.19. The molecule has 1 unspecified atom stereocenters. The molecule has 0 aliphatic heterocycles. The first-order valence-electron chi connectivity index (χ1n) is 4.31. The Hall–Kier alpha value is -0.440. The molecule has 0 saturated heterocycles. The van der Waals surface area contributed by atoms with Crippen molar-refractivity contribution in [3.8, 4) is 0 Å². The van der Waals surface area contributed by atoms with E-state index in [9.17, 15) is 8.78 Å². The summed E-state index contributed by atoms with van der Waals surface area (Å²) in [5, 5.41) is 0. The Morgan fingerprint density at radius 2 is 1.92 bits per heavy atom. The van der Waals surface area contributed by atoms with Gasteiger partial charge in [0.1, 0.15) is 0 Å². The molecule has 0 aromatic carbocycles. The third-order valence-corrected chi connectivity index (χ3v) is 2.58. The normalized spacial score (nSPS) is 26.6. The molecule has 0 bridgehead atoms. The molecule has 0 heterocycles. The molecule has 3 heteroatoms. The van der Waals surface area contributed by atoms with Crippen LogP contribution in [0.5, 0.6) is 0 Å². The average Bonchev–Trinajstić information content (AvgIpc) is 2.03. The van der Waals surface area contributed by atoms with E-state index < -0.39 is 5.92 Å². The third-order valence-electron chi connectivity index (χ3n) is 2.58. The first-order valence-corrected chi connectivity index (χ1v) is 4.31. The highest BCUT2D eigenvalue weighted by molar-refractivity contribution is 4.91. The summed E-state index contributed by atoms with van der Waals surface area (Å²) in [5.41, 5.74) is 5.67. The Kier molecular flexibility index (Phi) is 2.83. The summed E-state index contributed by atoms with van der Waals surface area (Å²) in [4.78, 5) is 0. The van der Waals surface area contributed by atoms with Gasteiger partial charge in [-0.2, -0.15) is 0 Å². The lowest BCUT2D eigenvalue weighted by Crippen LogP contribution is -2.34. The molecule has 1 aliphatic rings. The summed E-state index contributed by atoms with van der Waals surface area (Å²) in [6.45, 7) is 3.56. The smallest absolute Gasteiger partial charge is 0.248 e. The predicted molar refractivity (Wildman–Crippen MR) is 45.1 cm³/mol. The fraction of sp³-hybridized carbons (Fsp3) is 0.778. The van der Waals surface area contributed by atoms with Crippen LogP contribution in [0.4, 0.5) is 8.78 Å². The van der Waals surface area contributed by atoms with Crippen molar-refractivity contribution >= 4 is 0 Å². The first kappa shape index (κ1) is 9.65. The summed E-state index contributed by atoms with van der Waals surface area (Å²) in [6, 6.07) is -0.110. The minimum absolute atomic E-state index is 0.0147. The summed E-state index contributed by atoms with van der Waals surface area (Å²) >= 11 is 0. The van der Waals surface area contributed by atoms with Crippen molar-refractivity contribution in [3.05, 3.63) is 12.7 Å². The molecule has 1 aliphatic carbocycles. The maximum absolute atomic E-state index is 12.7. The van der Waals surface area contributed by atoms with Crippen LogP contribution in [-0.2, 0) is 0 Å². The molecule has 0 radical (unpaired) electrons. The summed E-state index contributed by atoms with van der Waals surface area (Å²) in [5.74, 6) is -2.24. The van der Waals surface area contributed by atoms with Gasteiger partial charge in [-0.25, -0.2) is 8.78 Å². The Balaban J connectivity index is 2.40. The highest BCUT2D eigenvalue weighted by Crippen LogP contribution is 2.37. The standard InChI is InChI=1S/C9H15F2N/c1-2-8(12)7-3-5-9(10,11)6-4-7/h2,7-8H,1,3-6,12H2. The van der Waals surface area contributed by atoms with Crippen LogP contribution >= 0.6 is 0 Å². The van der Waals surface area contributed by atoms with Gasteiger partial charge < -0.3 is 5.73 Å². The van der Waals surface area contributed by atoms with Crippen molar-refractivity contribution in [1.29, 1.82) is 0 Å². The van der Waals surface area contributed by atoms with Crippen molar-refractivity contribution in [2.24, 2.45) is 11.7 Å². The molecule has 1 rings (SSSR count). The molecule has 0 amide bonds. The quantitative estimate of drug-likeness (QED) is 0.640. The van der Waals surface area contributed by atoms with E-state index in [2.05, 4.69) is 6.58 Å². The number of hydrogen-bond donors (Lipinski definition) is 1. The molecule has 1 atom stereocenters. The minimum Gasteiger partial charge on any atom is -0.324 e. The first-order chi connectivity index (χ1) is 5.55. The molecule has 2 N–H and O–H groups in total. The van der Waals surface area contributed by atoms with Gasteiger partial charge in [-0.05, 0) is 18.8 Å². The van der Waals surface area contributed by atoms with Crippen LogP contribution in [0.15, 0.2) is 12.7 Å². The van der Waals surface area contributed by atoms with Crippen molar-refractivity contribution in [2.75, 3.05) is 0 Å². The van der Waals surface area contributed by atoms with Gasteiger partial charge in [0.2, 0.25) is 5.92 Å². The Morgan fingerprint density at radius 1 is 1.42 bits per heavy atom. The van der Waals surface area contributed by atoms with E-state index in [-0.39, 0.29) is 24.8 Å². The maximum Gasteiger partial charge on any atom is 0.248 e. The van der Waals surface area contributed by atoms with Crippen molar-refractivity contribution in [3.63, 3.8) is 0 Å². The summed E-state index contributed by atoms with van der Waals surface area (Å²) in [7, 11) is 0. The fourth-order valence-electron chi connectivity index (χ4n) is 1.64. The number of hydrogen-bond acceptors (Lipinski definition) is 1. The molecule has 12 heavy (non-hydrogen) atoms. The van der Waals surface area contributed by atoms with Crippen LogP contribution in [0.3, 0.4) is 0 Å². The lowest BCUT2D eigenvalue weighted by Gasteiger charge is -2.30. The van der Waals surface area contributed by atoms with Crippen molar-refractivity contribution < 1.29 is 8.78 Å². The van der Waals surface area contributed by atoms with Crippen LogP contribution in [0.1, 0.15) is 25.7 Å². The van der Waals surface area contributed by atoms with Crippen LogP contribution in [-0.4, -0.2) is 12.0 Å². The molecule has 0 aromatic heterocycles. The molecule has 1 nitrogen and oxygen atoms in total. The molecule has 1 saturated carbocycles. The molecule has 0 aromatic rings. The molecular formula is C9H15F2N. The Labute approximate surface area is 71.6 Å². The maximum atomic E-state index is 12.7. The van der Waals surface area contributed by atoms with Crippen LogP contribution in [0, 0.1) is 5.92 Å². The van der Waals surface area contributed by atoms with Gasteiger partial charge >= 0.3 is 0 Å². The third kappa shape index (κ3) is 2.27.